The highest BCUT2D eigenvalue weighted by atomic mass is 16.5. The van der Waals surface area contributed by atoms with Crippen molar-refractivity contribution in [1.82, 2.24) is 15.8 Å². The average molecular weight is 417 g/mol. The number of H-pyrrole nitrogens is 1. The Morgan fingerprint density at radius 2 is 1.74 bits per heavy atom. The van der Waals surface area contributed by atoms with Crippen molar-refractivity contribution in [2.45, 2.75) is 25.9 Å². The zero-order valence-electron chi connectivity index (χ0n) is 16.9. The van der Waals surface area contributed by atoms with Gasteiger partial charge in [0.05, 0.1) is 0 Å². The topological polar surface area (TPSA) is 96.4 Å². The molecule has 0 spiro atoms. The molecule has 2 aromatic carbocycles. The van der Waals surface area contributed by atoms with Crippen LogP contribution in [0.4, 0.5) is 0 Å². The summed E-state index contributed by atoms with van der Waals surface area (Å²) in [4.78, 5) is 27.5. The number of hydrazine groups is 1. The van der Waals surface area contributed by atoms with Crippen LogP contribution in [0.5, 0.6) is 5.75 Å². The summed E-state index contributed by atoms with van der Waals surface area (Å²) >= 11 is 0. The molecular formula is C24H23N3O4. The number of para-hydroxylation sites is 2. The second kappa shape index (κ2) is 9.67. The molecule has 7 nitrogen and oxygen atoms in total. The van der Waals surface area contributed by atoms with Crippen LogP contribution in [0.3, 0.4) is 0 Å². The molecule has 0 bridgehead atoms. The number of aryl methyl sites for hydroxylation is 1. The first-order chi connectivity index (χ1) is 15.2. The van der Waals surface area contributed by atoms with Crippen LogP contribution in [0, 0.1) is 0 Å². The molecular weight excluding hydrogens is 394 g/mol. The predicted octanol–water partition coefficient (Wildman–Crippen LogP) is 4.12. The minimum absolute atomic E-state index is 0.103. The summed E-state index contributed by atoms with van der Waals surface area (Å²) in [6, 6.07) is 20.6. The maximum atomic E-state index is 12.2. The van der Waals surface area contributed by atoms with E-state index in [9.17, 15) is 9.59 Å². The summed E-state index contributed by atoms with van der Waals surface area (Å²) in [5, 5.41) is 1.17. The predicted molar refractivity (Wildman–Crippen MR) is 116 cm³/mol. The number of benzene rings is 2. The normalized spacial score (nSPS) is 10.7. The number of aromatic amines is 1. The molecule has 0 radical (unpaired) electrons. The van der Waals surface area contributed by atoms with Gasteiger partial charge in [0.1, 0.15) is 18.1 Å². The number of amides is 2. The summed E-state index contributed by atoms with van der Waals surface area (Å²) in [7, 11) is 0. The molecule has 0 unspecified atom stereocenters. The Hall–Kier alpha value is -4.00. The number of rotatable bonds is 8. The van der Waals surface area contributed by atoms with Gasteiger partial charge in [0.2, 0.25) is 5.91 Å². The molecule has 7 heteroatoms. The summed E-state index contributed by atoms with van der Waals surface area (Å²) in [5.74, 6) is 0.554. The standard InChI is InChI=1S/C24H23N3O4/c28-23(12-6-7-17-15-25-21-11-5-4-10-20(17)21)26-27-24(29)22-14-13-19(31-22)16-30-18-8-2-1-3-9-18/h1-5,8-11,13-15,25H,6-7,12,16H2,(H,26,28)(H,27,29). The van der Waals surface area contributed by atoms with Gasteiger partial charge >= 0.3 is 5.91 Å². The Bertz CT molecular complexity index is 1160. The first-order valence-electron chi connectivity index (χ1n) is 10.1. The van der Waals surface area contributed by atoms with Gasteiger partial charge in [0, 0.05) is 23.5 Å². The number of aromatic nitrogens is 1. The van der Waals surface area contributed by atoms with Gasteiger partial charge in [-0.3, -0.25) is 20.4 Å². The zero-order valence-corrected chi connectivity index (χ0v) is 16.9. The highest BCUT2D eigenvalue weighted by Gasteiger charge is 2.13. The SMILES string of the molecule is O=C(CCCc1c[nH]c2ccccc12)NNC(=O)c1ccc(COc2ccccc2)o1. The van der Waals surface area contributed by atoms with Crippen molar-refractivity contribution in [2.75, 3.05) is 0 Å². The maximum absolute atomic E-state index is 12.2. The lowest BCUT2D eigenvalue weighted by atomic mass is 10.1. The Labute approximate surface area is 179 Å². The Kier molecular flexibility index (Phi) is 6.32. The van der Waals surface area contributed by atoms with Gasteiger partial charge in [-0.25, -0.2) is 0 Å². The minimum atomic E-state index is -0.518. The fourth-order valence-electron chi connectivity index (χ4n) is 3.28. The van der Waals surface area contributed by atoms with Crippen molar-refractivity contribution < 1.29 is 18.7 Å². The third kappa shape index (κ3) is 5.33. The van der Waals surface area contributed by atoms with E-state index in [-0.39, 0.29) is 18.3 Å². The van der Waals surface area contributed by atoms with Crippen LogP contribution < -0.4 is 15.6 Å². The van der Waals surface area contributed by atoms with Gasteiger partial charge in [-0.1, -0.05) is 36.4 Å². The molecule has 2 amide bonds. The van der Waals surface area contributed by atoms with Crippen LogP contribution in [-0.4, -0.2) is 16.8 Å². The molecule has 4 rings (SSSR count). The molecule has 2 aromatic heterocycles. The van der Waals surface area contributed by atoms with Gasteiger partial charge in [-0.2, -0.15) is 0 Å². The van der Waals surface area contributed by atoms with E-state index in [0.29, 0.717) is 24.4 Å². The summed E-state index contributed by atoms with van der Waals surface area (Å²) < 4.78 is 11.1. The number of furan rings is 1. The molecule has 3 N–H and O–H groups in total. The summed E-state index contributed by atoms with van der Waals surface area (Å²) in [6.07, 6.45) is 3.72. The van der Waals surface area contributed by atoms with E-state index in [4.69, 9.17) is 9.15 Å². The lowest BCUT2D eigenvalue weighted by Gasteiger charge is -2.06. The van der Waals surface area contributed by atoms with E-state index in [1.165, 1.54) is 10.9 Å². The van der Waals surface area contributed by atoms with Crippen LogP contribution in [-0.2, 0) is 17.8 Å². The average Bonchev–Trinajstić information content (AvgIpc) is 3.44. The lowest BCUT2D eigenvalue weighted by molar-refractivity contribution is -0.121. The summed E-state index contributed by atoms with van der Waals surface area (Å²) in [6.45, 7) is 0.206. The number of hydrogen-bond acceptors (Lipinski definition) is 4. The number of fused-ring (bicyclic) bond motifs is 1. The Morgan fingerprint density at radius 1 is 0.935 bits per heavy atom. The molecule has 158 valence electrons. The molecule has 0 saturated carbocycles. The number of ether oxygens (including phenoxy) is 1. The molecule has 4 aromatic rings. The third-order valence-corrected chi connectivity index (χ3v) is 4.85. The second-order valence-corrected chi connectivity index (χ2v) is 7.08. The van der Waals surface area contributed by atoms with Crippen molar-refractivity contribution in [3.05, 3.63) is 90.0 Å². The molecule has 0 aliphatic carbocycles. The first-order valence-corrected chi connectivity index (χ1v) is 10.1. The molecule has 31 heavy (non-hydrogen) atoms. The Balaban J connectivity index is 1.19. The third-order valence-electron chi connectivity index (χ3n) is 4.85. The van der Waals surface area contributed by atoms with Crippen molar-refractivity contribution in [3.63, 3.8) is 0 Å². The number of nitrogens with one attached hydrogen (secondary N) is 3. The lowest BCUT2D eigenvalue weighted by Crippen LogP contribution is -2.41. The van der Waals surface area contributed by atoms with Gasteiger partial charge in [-0.15, -0.1) is 0 Å². The Morgan fingerprint density at radius 3 is 2.61 bits per heavy atom. The molecule has 2 heterocycles. The van der Waals surface area contributed by atoms with E-state index in [2.05, 4.69) is 21.9 Å². The summed E-state index contributed by atoms with van der Waals surface area (Å²) in [5.41, 5.74) is 7.07. The largest absolute Gasteiger partial charge is 0.486 e. The van der Waals surface area contributed by atoms with Gasteiger partial charge < -0.3 is 14.1 Å². The first kappa shape index (κ1) is 20.3. The van der Waals surface area contributed by atoms with Crippen molar-refractivity contribution in [2.24, 2.45) is 0 Å². The number of carbonyl (C=O) groups excluding carboxylic acids is 2. The molecule has 0 atom stereocenters. The quantitative estimate of drug-likeness (QED) is 0.376. The zero-order chi connectivity index (χ0) is 21.5. The highest BCUT2D eigenvalue weighted by molar-refractivity contribution is 5.93. The fourth-order valence-corrected chi connectivity index (χ4v) is 3.28. The van der Waals surface area contributed by atoms with Gasteiger partial charge in [0.15, 0.2) is 5.76 Å². The van der Waals surface area contributed by atoms with Crippen molar-refractivity contribution in [3.8, 4) is 5.75 Å². The van der Waals surface area contributed by atoms with E-state index < -0.39 is 5.91 Å². The van der Waals surface area contributed by atoms with Gasteiger partial charge in [-0.05, 0) is 48.7 Å². The van der Waals surface area contributed by atoms with E-state index in [0.717, 1.165) is 11.9 Å². The fraction of sp³-hybridized carbons (Fsp3) is 0.167. The highest BCUT2D eigenvalue weighted by Crippen LogP contribution is 2.19. The molecule has 0 aliphatic heterocycles. The van der Waals surface area contributed by atoms with E-state index in [1.807, 2.05) is 54.7 Å². The van der Waals surface area contributed by atoms with Crippen molar-refractivity contribution >= 4 is 22.7 Å². The minimum Gasteiger partial charge on any atom is -0.486 e. The van der Waals surface area contributed by atoms with Crippen LogP contribution in [0.15, 0.2) is 77.3 Å². The molecule has 0 fully saturated rings. The van der Waals surface area contributed by atoms with Gasteiger partial charge in [0.25, 0.3) is 0 Å². The van der Waals surface area contributed by atoms with Crippen LogP contribution >= 0.6 is 0 Å². The van der Waals surface area contributed by atoms with Crippen molar-refractivity contribution in [1.29, 1.82) is 0 Å². The van der Waals surface area contributed by atoms with Crippen LogP contribution in [0.25, 0.3) is 10.9 Å². The molecule has 0 aliphatic rings. The number of carbonyl (C=O) groups is 2. The second-order valence-electron chi connectivity index (χ2n) is 7.08. The monoisotopic (exact) mass is 417 g/mol. The van der Waals surface area contributed by atoms with E-state index in [1.54, 1.807) is 12.1 Å². The van der Waals surface area contributed by atoms with Crippen LogP contribution in [0.2, 0.25) is 0 Å². The van der Waals surface area contributed by atoms with Crippen LogP contribution in [0.1, 0.15) is 34.7 Å². The van der Waals surface area contributed by atoms with E-state index >= 15 is 0 Å². The maximum Gasteiger partial charge on any atom is 0.305 e. The molecule has 0 saturated heterocycles. The number of hydrogen-bond donors (Lipinski definition) is 3. The smallest absolute Gasteiger partial charge is 0.305 e.